The van der Waals surface area contributed by atoms with Crippen molar-refractivity contribution in [3.63, 3.8) is 0 Å². The van der Waals surface area contributed by atoms with Crippen LogP contribution in [0.3, 0.4) is 0 Å². The number of amides is 1. The maximum absolute atomic E-state index is 11.9. The predicted molar refractivity (Wildman–Crippen MR) is 66.5 cm³/mol. The molecule has 0 fully saturated rings. The highest BCUT2D eigenvalue weighted by atomic mass is 16.2. The van der Waals surface area contributed by atoms with Gasteiger partial charge in [0, 0.05) is 5.69 Å². The summed E-state index contributed by atoms with van der Waals surface area (Å²) >= 11 is 0. The van der Waals surface area contributed by atoms with Crippen LogP contribution < -0.4 is 5.32 Å². The molecule has 0 radical (unpaired) electrons. The Kier molecular flexibility index (Phi) is 2.82. The number of benzene rings is 1. The smallest absolute Gasteiger partial charge is 0.232 e. The average Bonchev–Trinajstić information content (AvgIpc) is 2.55. The van der Waals surface area contributed by atoms with Crippen LogP contribution >= 0.6 is 0 Å². The first-order valence-corrected chi connectivity index (χ1v) is 5.62. The lowest BCUT2D eigenvalue weighted by Crippen LogP contribution is -2.12. The van der Waals surface area contributed by atoms with Crippen molar-refractivity contribution in [1.29, 1.82) is 0 Å². The highest BCUT2D eigenvalue weighted by Gasteiger charge is 2.29. The maximum atomic E-state index is 11.9. The van der Waals surface area contributed by atoms with E-state index in [0.717, 1.165) is 17.7 Å². The van der Waals surface area contributed by atoms with Crippen LogP contribution in [0.25, 0.3) is 0 Å². The molecule has 0 saturated heterocycles. The van der Waals surface area contributed by atoms with E-state index in [4.69, 9.17) is 0 Å². The van der Waals surface area contributed by atoms with E-state index in [2.05, 4.69) is 26.1 Å². The van der Waals surface area contributed by atoms with Crippen molar-refractivity contribution in [3.05, 3.63) is 41.0 Å². The number of para-hydroxylation sites is 1. The Morgan fingerprint density at radius 3 is 2.62 bits per heavy atom. The fourth-order valence-electron chi connectivity index (χ4n) is 1.99. The second-order valence-corrected chi connectivity index (χ2v) is 4.61. The van der Waals surface area contributed by atoms with Gasteiger partial charge in [0.05, 0.1) is 5.92 Å². The molecule has 0 spiro atoms. The molecule has 1 aliphatic heterocycles. The number of nitrogens with one attached hydrogen (secondary N) is 1. The predicted octanol–water partition coefficient (Wildman–Crippen LogP) is 3.47. The van der Waals surface area contributed by atoms with Crippen LogP contribution in [-0.2, 0) is 4.79 Å². The highest BCUT2D eigenvalue weighted by Crippen LogP contribution is 2.36. The van der Waals surface area contributed by atoms with Gasteiger partial charge in [-0.3, -0.25) is 4.79 Å². The summed E-state index contributed by atoms with van der Waals surface area (Å²) in [7, 11) is 0. The van der Waals surface area contributed by atoms with Crippen molar-refractivity contribution in [2.75, 3.05) is 5.32 Å². The van der Waals surface area contributed by atoms with Crippen LogP contribution in [0.2, 0.25) is 0 Å². The number of allylic oxidation sites excluding steroid dienone is 2. The topological polar surface area (TPSA) is 29.1 Å². The second-order valence-electron chi connectivity index (χ2n) is 4.61. The molecule has 2 heteroatoms. The fourth-order valence-corrected chi connectivity index (χ4v) is 1.99. The Hall–Kier alpha value is -1.57. The lowest BCUT2D eigenvalue weighted by molar-refractivity contribution is -0.117. The Morgan fingerprint density at radius 2 is 1.94 bits per heavy atom. The first kappa shape index (κ1) is 10.9. The molecule has 2 rings (SSSR count). The molecule has 1 atom stereocenters. The summed E-state index contributed by atoms with van der Waals surface area (Å²) in [5.41, 5.74) is 4.71. The van der Waals surface area contributed by atoms with Gasteiger partial charge in [-0.05, 0) is 38.8 Å². The number of fused-ring (bicyclic) bond motifs is 1. The van der Waals surface area contributed by atoms with E-state index < -0.39 is 0 Å². The molecule has 1 aromatic rings. The lowest BCUT2D eigenvalue weighted by atomic mass is 9.92. The van der Waals surface area contributed by atoms with Crippen molar-refractivity contribution in [2.24, 2.45) is 0 Å². The van der Waals surface area contributed by atoms with Crippen LogP contribution in [0, 0.1) is 0 Å². The van der Waals surface area contributed by atoms with Crippen LogP contribution in [-0.4, -0.2) is 5.91 Å². The van der Waals surface area contributed by atoms with Crippen molar-refractivity contribution >= 4 is 11.6 Å². The molecular formula is C14H17NO. The molecule has 84 valence electrons. The number of carbonyl (C=O) groups is 1. The molecule has 2 nitrogen and oxygen atoms in total. The van der Waals surface area contributed by atoms with E-state index in [-0.39, 0.29) is 11.8 Å². The SMILES string of the molecule is CC(C)=C(C)CC1C(=O)Nc2ccccc21. The molecule has 1 aromatic carbocycles. The van der Waals surface area contributed by atoms with Crippen LogP contribution in [0.4, 0.5) is 5.69 Å². The zero-order valence-corrected chi connectivity index (χ0v) is 10.0. The van der Waals surface area contributed by atoms with Gasteiger partial charge >= 0.3 is 0 Å². The Balaban J connectivity index is 2.30. The Labute approximate surface area is 96.4 Å². The third kappa shape index (κ3) is 1.87. The Bertz CT molecular complexity index is 456. The molecule has 0 bridgehead atoms. The summed E-state index contributed by atoms with van der Waals surface area (Å²) in [6.07, 6.45) is 0.825. The lowest BCUT2D eigenvalue weighted by Gasteiger charge is -2.10. The number of hydrogen-bond acceptors (Lipinski definition) is 1. The monoisotopic (exact) mass is 215 g/mol. The summed E-state index contributed by atoms with van der Waals surface area (Å²) < 4.78 is 0. The van der Waals surface area contributed by atoms with Gasteiger partial charge < -0.3 is 5.32 Å². The van der Waals surface area contributed by atoms with E-state index >= 15 is 0 Å². The first-order chi connectivity index (χ1) is 7.59. The standard InChI is InChI=1S/C14H17NO/c1-9(2)10(3)8-12-11-6-4-5-7-13(11)15-14(12)16/h4-7,12H,8H2,1-3H3,(H,15,16). The molecule has 1 aliphatic rings. The summed E-state index contributed by atoms with van der Waals surface area (Å²) in [6.45, 7) is 6.28. The van der Waals surface area contributed by atoms with Gasteiger partial charge in [0.2, 0.25) is 5.91 Å². The van der Waals surface area contributed by atoms with E-state index in [9.17, 15) is 4.79 Å². The normalized spacial score (nSPS) is 17.9. The minimum atomic E-state index is -0.00824. The fraction of sp³-hybridized carbons (Fsp3) is 0.357. The first-order valence-electron chi connectivity index (χ1n) is 5.62. The summed E-state index contributed by atoms with van der Waals surface area (Å²) in [6, 6.07) is 7.94. The third-order valence-corrected chi connectivity index (χ3v) is 3.27. The number of anilines is 1. The summed E-state index contributed by atoms with van der Waals surface area (Å²) in [4.78, 5) is 11.9. The van der Waals surface area contributed by atoms with Crippen molar-refractivity contribution < 1.29 is 4.79 Å². The molecular weight excluding hydrogens is 198 g/mol. The number of carbonyl (C=O) groups excluding carboxylic acids is 1. The zero-order valence-electron chi connectivity index (χ0n) is 10.0. The molecule has 0 aromatic heterocycles. The van der Waals surface area contributed by atoms with Gasteiger partial charge in [-0.2, -0.15) is 0 Å². The van der Waals surface area contributed by atoms with Gasteiger partial charge in [-0.15, -0.1) is 0 Å². The van der Waals surface area contributed by atoms with E-state index in [1.165, 1.54) is 11.1 Å². The van der Waals surface area contributed by atoms with E-state index in [1.807, 2.05) is 24.3 Å². The van der Waals surface area contributed by atoms with Crippen LogP contribution in [0.1, 0.15) is 38.7 Å². The van der Waals surface area contributed by atoms with Crippen LogP contribution in [0.5, 0.6) is 0 Å². The second kappa shape index (κ2) is 4.12. The minimum Gasteiger partial charge on any atom is -0.325 e. The van der Waals surface area contributed by atoms with E-state index in [0.29, 0.717) is 0 Å². The molecule has 1 unspecified atom stereocenters. The highest BCUT2D eigenvalue weighted by molar-refractivity contribution is 6.03. The largest absolute Gasteiger partial charge is 0.325 e. The molecule has 1 amide bonds. The molecule has 1 heterocycles. The summed E-state index contributed by atoms with van der Waals surface area (Å²) in [5.74, 6) is 0.118. The Morgan fingerprint density at radius 1 is 1.25 bits per heavy atom. The zero-order chi connectivity index (χ0) is 11.7. The molecule has 0 aliphatic carbocycles. The van der Waals surface area contributed by atoms with Gasteiger partial charge in [-0.25, -0.2) is 0 Å². The molecule has 16 heavy (non-hydrogen) atoms. The van der Waals surface area contributed by atoms with Crippen LogP contribution in [0.15, 0.2) is 35.4 Å². The maximum Gasteiger partial charge on any atom is 0.232 e. The summed E-state index contributed by atoms with van der Waals surface area (Å²) in [5, 5.41) is 2.93. The van der Waals surface area contributed by atoms with Crippen molar-refractivity contribution in [2.45, 2.75) is 33.1 Å². The average molecular weight is 215 g/mol. The van der Waals surface area contributed by atoms with E-state index in [1.54, 1.807) is 0 Å². The van der Waals surface area contributed by atoms with Gasteiger partial charge in [0.1, 0.15) is 0 Å². The van der Waals surface area contributed by atoms with Gasteiger partial charge in [0.15, 0.2) is 0 Å². The third-order valence-electron chi connectivity index (χ3n) is 3.27. The minimum absolute atomic E-state index is 0.00824. The van der Waals surface area contributed by atoms with Crippen molar-refractivity contribution in [1.82, 2.24) is 0 Å². The molecule has 1 N–H and O–H groups in total. The number of rotatable bonds is 2. The number of hydrogen-bond donors (Lipinski definition) is 1. The quantitative estimate of drug-likeness (QED) is 0.752. The van der Waals surface area contributed by atoms with Gasteiger partial charge in [0.25, 0.3) is 0 Å². The molecule has 0 saturated carbocycles. The van der Waals surface area contributed by atoms with Gasteiger partial charge in [-0.1, -0.05) is 29.3 Å². The van der Waals surface area contributed by atoms with Crippen molar-refractivity contribution in [3.8, 4) is 0 Å².